The van der Waals surface area contributed by atoms with Gasteiger partial charge in [0.1, 0.15) is 6.04 Å². The number of hydrogen-bond donors (Lipinski definition) is 2. The Balaban J connectivity index is 1.34. The second-order valence-corrected chi connectivity index (χ2v) is 9.04. The number of nitrogens with zero attached hydrogens (tertiary/aromatic N) is 2. The van der Waals surface area contributed by atoms with Crippen LogP contribution in [0.3, 0.4) is 0 Å². The molecule has 3 aliphatic heterocycles. The van der Waals surface area contributed by atoms with Crippen LogP contribution in [0.1, 0.15) is 58.4 Å². The molecule has 0 bridgehead atoms. The monoisotopic (exact) mass is 410 g/mol. The highest BCUT2D eigenvalue weighted by Gasteiger charge is 2.45. The number of amides is 4. The molecule has 4 aliphatic rings. The number of fused-ring (bicyclic) bond motifs is 2. The van der Waals surface area contributed by atoms with Crippen LogP contribution in [-0.4, -0.2) is 58.6 Å². The average Bonchev–Trinajstić information content (AvgIpc) is 3.27. The number of likely N-dealkylation sites (tertiary alicyclic amines) is 1. The van der Waals surface area contributed by atoms with Gasteiger partial charge in [-0.2, -0.15) is 0 Å². The molecule has 8 nitrogen and oxygen atoms in total. The Morgan fingerprint density at radius 2 is 1.80 bits per heavy atom. The second kappa shape index (κ2) is 7.28. The van der Waals surface area contributed by atoms with Crippen molar-refractivity contribution >= 4 is 23.6 Å². The molecular formula is C22H26N4O4. The van der Waals surface area contributed by atoms with Crippen molar-refractivity contribution in [1.82, 2.24) is 15.1 Å². The second-order valence-electron chi connectivity index (χ2n) is 9.04. The Morgan fingerprint density at radius 1 is 1.00 bits per heavy atom. The number of nitrogens with two attached hydrogens (primary N) is 1. The molecule has 1 saturated carbocycles. The largest absolute Gasteiger partial charge is 0.326 e. The lowest BCUT2D eigenvalue weighted by Crippen LogP contribution is -2.54. The van der Waals surface area contributed by atoms with Gasteiger partial charge < -0.3 is 5.73 Å². The summed E-state index contributed by atoms with van der Waals surface area (Å²) in [7, 11) is 0. The maximum absolute atomic E-state index is 13.0. The van der Waals surface area contributed by atoms with E-state index in [0.29, 0.717) is 29.5 Å². The average molecular weight is 410 g/mol. The first kappa shape index (κ1) is 19.4. The molecule has 0 spiro atoms. The van der Waals surface area contributed by atoms with Crippen molar-refractivity contribution in [3.63, 3.8) is 0 Å². The molecular weight excluding hydrogens is 384 g/mol. The fourth-order valence-corrected chi connectivity index (χ4v) is 5.70. The summed E-state index contributed by atoms with van der Waals surface area (Å²) in [4.78, 5) is 52.8. The van der Waals surface area contributed by atoms with Gasteiger partial charge in [0.15, 0.2) is 0 Å². The molecule has 30 heavy (non-hydrogen) atoms. The number of imide groups is 2. The van der Waals surface area contributed by atoms with E-state index in [4.69, 9.17) is 5.73 Å². The zero-order valence-corrected chi connectivity index (χ0v) is 16.8. The van der Waals surface area contributed by atoms with Gasteiger partial charge in [-0.25, -0.2) is 0 Å². The van der Waals surface area contributed by atoms with Crippen LogP contribution in [-0.2, 0) is 16.1 Å². The predicted octanol–water partition coefficient (Wildman–Crippen LogP) is 0.647. The number of rotatable bonds is 3. The lowest BCUT2D eigenvalue weighted by Gasteiger charge is -2.39. The number of piperidine rings is 2. The molecule has 3 N–H and O–H groups in total. The minimum atomic E-state index is -0.932. The first-order chi connectivity index (χ1) is 14.4. The number of nitrogens with one attached hydrogen (secondary N) is 1. The zero-order chi connectivity index (χ0) is 21.0. The quantitative estimate of drug-likeness (QED) is 0.708. The maximum Gasteiger partial charge on any atom is 0.262 e. The summed E-state index contributed by atoms with van der Waals surface area (Å²) >= 11 is 0. The highest BCUT2D eigenvalue weighted by molar-refractivity contribution is 6.23. The van der Waals surface area contributed by atoms with E-state index >= 15 is 0 Å². The van der Waals surface area contributed by atoms with Gasteiger partial charge in [-0.1, -0.05) is 12.5 Å². The van der Waals surface area contributed by atoms with Crippen LogP contribution in [0.25, 0.3) is 0 Å². The van der Waals surface area contributed by atoms with Gasteiger partial charge in [-0.15, -0.1) is 0 Å². The van der Waals surface area contributed by atoms with Crippen molar-refractivity contribution < 1.29 is 19.2 Å². The van der Waals surface area contributed by atoms with Crippen LogP contribution in [0.5, 0.6) is 0 Å². The third kappa shape index (κ3) is 3.15. The Hall–Kier alpha value is -2.58. The fraction of sp³-hybridized carbons (Fsp3) is 0.545. The Bertz CT molecular complexity index is 945. The number of carbonyl (C=O) groups is 4. The number of hydrogen-bond acceptors (Lipinski definition) is 6. The third-order valence-corrected chi connectivity index (χ3v) is 7.14. The molecule has 3 heterocycles. The van der Waals surface area contributed by atoms with Crippen molar-refractivity contribution in [2.24, 2.45) is 17.6 Å². The summed E-state index contributed by atoms with van der Waals surface area (Å²) in [5.74, 6) is -0.617. The van der Waals surface area contributed by atoms with Crippen molar-refractivity contribution in [2.75, 3.05) is 13.1 Å². The first-order valence-electron chi connectivity index (χ1n) is 10.7. The molecule has 0 radical (unpaired) electrons. The molecule has 5 rings (SSSR count). The van der Waals surface area contributed by atoms with Gasteiger partial charge in [-0.3, -0.25) is 34.3 Å². The minimum absolute atomic E-state index is 0.117. The fourth-order valence-electron chi connectivity index (χ4n) is 5.70. The molecule has 0 aromatic heterocycles. The predicted molar refractivity (Wildman–Crippen MR) is 107 cm³/mol. The van der Waals surface area contributed by atoms with E-state index in [9.17, 15) is 19.2 Å². The Labute approximate surface area is 174 Å². The van der Waals surface area contributed by atoms with Gasteiger partial charge in [0, 0.05) is 32.1 Å². The van der Waals surface area contributed by atoms with E-state index in [-0.39, 0.29) is 24.8 Å². The van der Waals surface area contributed by atoms with Crippen LogP contribution < -0.4 is 11.1 Å². The molecule has 1 aliphatic carbocycles. The molecule has 4 atom stereocenters. The topological polar surface area (TPSA) is 113 Å². The molecule has 8 heteroatoms. The molecule has 1 aromatic carbocycles. The molecule has 3 fully saturated rings. The highest BCUT2D eigenvalue weighted by Crippen LogP contribution is 2.38. The summed E-state index contributed by atoms with van der Waals surface area (Å²) in [6, 6.07) is 4.58. The van der Waals surface area contributed by atoms with Crippen LogP contribution >= 0.6 is 0 Å². The smallest absolute Gasteiger partial charge is 0.262 e. The third-order valence-electron chi connectivity index (χ3n) is 7.14. The van der Waals surface area contributed by atoms with Gasteiger partial charge in [0.25, 0.3) is 11.8 Å². The van der Waals surface area contributed by atoms with Gasteiger partial charge >= 0.3 is 0 Å². The minimum Gasteiger partial charge on any atom is -0.326 e. The summed E-state index contributed by atoms with van der Waals surface area (Å²) in [5, 5.41) is 2.22. The molecule has 1 unspecified atom stereocenters. The summed E-state index contributed by atoms with van der Waals surface area (Å²) in [5.41, 5.74) is 8.03. The van der Waals surface area contributed by atoms with Gasteiger partial charge in [0.2, 0.25) is 11.8 Å². The van der Waals surface area contributed by atoms with E-state index in [2.05, 4.69) is 10.2 Å². The van der Waals surface area contributed by atoms with Crippen molar-refractivity contribution in [3.05, 3.63) is 34.9 Å². The van der Waals surface area contributed by atoms with Gasteiger partial charge in [0.05, 0.1) is 11.1 Å². The summed E-state index contributed by atoms with van der Waals surface area (Å²) < 4.78 is 0. The van der Waals surface area contributed by atoms with E-state index in [0.717, 1.165) is 23.6 Å². The van der Waals surface area contributed by atoms with Crippen LogP contribution in [0.2, 0.25) is 0 Å². The summed E-state index contributed by atoms with van der Waals surface area (Å²) in [6.07, 6.45) is 3.99. The first-order valence-corrected chi connectivity index (χ1v) is 10.7. The van der Waals surface area contributed by atoms with Crippen LogP contribution in [0, 0.1) is 11.8 Å². The normalized spacial score (nSPS) is 31.7. The highest BCUT2D eigenvalue weighted by atomic mass is 16.2. The lowest BCUT2D eigenvalue weighted by molar-refractivity contribution is -0.136. The molecule has 4 amide bonds. The van der Waals surface area contributed by atoms with Crippen molar-refractivity contribution in [1.29, 1.82) is 0 Å². The standard InChI is InChI=1S/C22H26N4O4/c23-17-11-25(10-13-2-1-3-14(13)17)9-12-4-5-15-16(8-12)22(30)26(21(15)29)18-6-7-19(27)24-20(18)28/h4-5,8,13-14,17-18H,1-3,6-7,9-11,23H2,(H,24,27,28)/t13-,14-,17+,18?/m0/s1. The van der Waals surface area contributed by atoms with E-state index < -0.39 is 23.8 Å². The van der Waals surface area contributed by atoms with Crippen LogP contribution in [0.4, 0.5) is 0 Å². The van der Waals surface area contributed by atoms with E-state index in [1.165, 1.54) is 19.3 Å². The Morgan fingerprint density at radius 3 is 2.60 bits per heavy atom. The van der Waals surface area contributed by atoms with E-state index in [1.54, 1.807) is 12.1 Å². The molecule has 158 valence electrons. The molecule has 1 aromatic rings. The van der Waals surface area contributed by atoms with Gasteiger partial charge in [-0.05, 0) is 48.8 Å². The van der Waals surface area contributed by atoms with E-state index in [1.807, 2.05) is 6.07 Å². The lowest BCUT2D eigenvalue weighted by atomic mass is 9.85. The number of carbonyl (C=O) groups excluding carboxylic acids is 4. The molecule has 2 saturated heterocycles. The number of benzene rings is 1. The maximum atomic E-state index is 13.0. The Kier molecular flexibility index (Phi) is 4.71. The summed E-state index contributed by atoms with van der Waals surface area (Å²) in [6.45, 7) is 2.54. The van der Waals surface area contributed by atoms with Crippen LogP contribution in [0.15, 0.2) is 18.2 Å². The van der Waals surface area contributed by atoms with Crippen molar-refractivity contribution in [2.45, 2.75) is 50.7 Å². The van der Waals surface area contributed by atoms with Crippen molar-refractivity contribution in [3.8, 4) is 0 Å². The SMILES string of the molecule is N[C@@H]1CN(Cc2ccc3c(c2)C(=O)N(C2CCC(=O)NC2=O)C3=O)C[C@@H]2CCC[C@@H]21. The zero-order valence-electron chi connectivity index (χ0n) is 16.8.